The Hall–Kier alpha value is -0.130. The van der Waals surface area contributed by atoms with Gasteiger partial charge in [0.05, 0.1) is 5.25 Å². The van der Waals surface area contributed by atoms with Gasteiger partial charge >= 0.3 is 0 Å². The van der Waals surface area contributed by atoms with Gasteiger partial charge in [-0.2, -0.15) is 4.31 Å². The summed E-state index contributed by atoms with van der Waals surface area (Å²) < 4.78 is 26.4. The predicted octanol–water partition coefficient (Wildman–Crippen LogP) is 1.09. The molecular weight excluding hydrogens is 236 g/mol. The van der Waals surface area contributed by atoms with Crippen LogP contribution in [-0.4, -0.2) is 43.1 Å². The average molecular weight is 258 g/mol. The van der Waals surface area contributed by atoms with Crippen molar-refractivity contribution in [3.63, 3.8) is 0 Å². The molecule has 0 aromatic heterocycles. The van der Waals surface area contributed by atoms with Gasteiger partial charge in [-0.05, 0) is 38.5 Å². The van der Waals surface area contributed by atoms with E-state index < -0.39 is 10.0 Å². The Labute approximate surface area is 104 Å². The Morgan fingerprint density at radius 1 is 1.06 bits per heavy atom. The van der Waals surface area contributed by atoms with Crippen LogP contribution in [0.1, 0.15) is 44.9 Å². The number of hydrogen-bond acceptors (Lipinski definition) is 3. The third-order valence-electron chi connectivity index (χ3n) is 4.07. The van der Waals surface area contributed by atoms with Crippen LogP contribution < -0.4 is 5.32 Å². The molecule has 3 aliphatic rings. The molecule has 3 fully saturated rings. The van der Waals surface area contributed by atoms with Crippen molar-refractivity contribution in [1.82, 2.24) is 9.62 Å². The second-order valence-corrected chi connectivity index (χ2v) is 7.85. The zero-order valence-electron chi connectivity index (χ0n) is 10.3. The van der Waals surface area contributed by atoms with Crippen LogP contribution in [0.3, 0.4) is 0 Å². The van der Waals surface area contributed by atoms with Crippen molar-refractivity contribution in [3.05, 3.63) is 0 Å². The lowest BCUT2D eigenvalue weighted by Crippen LogP contribution is -2.49. The van der Waals surface area contributed by atoms with Gasteiger partial charge in [-0.25, -0.2) is 8.42 Å². The third kappa shape index (κ3) is 2.66. The molecule has 1 heterocycles. The summed E-state index contributed by atoms with van der Waals surface area (Å²) in [5.41, 5.74) is 0. The summed E-state index contributed by atoms with van der Waals surface area (Å²) in [6.45, 7) is 1.60. The van der Waals surface area contributed by atoms with E-state index in [0.717, 1.165) is 38.8 Å². The van der Waals surface area contributed by atoms with Crippen LogP contribution in [0.4, 0.5) is 0 Å². The van der Waals surface area contributed by atoms with Crippen LogP contribution in [0, 0.1) is 0 Å². The molecule has 1 aliphatic heterocycles. The largest absolute Gasteiger partial charge is 0.312 e. The van der Waals surface area contributed by atoms with Gasteiger partial charge in [-0.1, -0.05) is 6.42 Å². The van der Waals surface area contributed by atoms with Crippen LogP contribution >= 0.6 is 0 Å². The minimum Gasteiger partial charge on any atom is -0.312 e. The number of sulfonamides is 1. The molecule has 3 rings (SSSR count). The average Bonchev–Trinajstić information content (AvgIpc) is 3.18. The molecule has 1 saturated heterocycles. The number of nitrogens with one attached hydrogen (secondary N) is 1. The van der Waals surface area contributed by atoms with Crippen molar-refractivity contribution < 1.29 is 8.42 Å². The summed E-state index contributed by atoms with van der Waals surface area (Å²) in [6.07, 6.45) is 7.53. The van der Waals surface area contributed by atoms with Gasteiger partial charge in [0.1, 0.15) is 0 Å². The first kappa shape index (κ1) is 11.9. The van der Waals surface area contributed by atoms with Crippen LogP contribution in [0.2, 0.25) is 0 Å². The Morgan fingerprint density at radius 2 is 1.82 bits per heavy atom. The summed E-state index contributed by atoms with van der Waals surface area (Å²) in [6, 6.07) is 0.886. The summed E-state index contributed by atoms with van der Waals surface area (Å²) in [4.78, 5) is 0. The van der Waals surface area contributed by atoms with Crippen molar-refractivity contribution in [1.29, 1.82) is 0 Å². The standard InChI is InChI=1S/C12H22N2O2S/c15-17(16,12-6-7-12)14-8-2-1-3-11(14)9-13-10-4-5-10/h10-13H,1-9H2. The molecule has 5 heteroatoms. The second kappa shape index (κ2) is 4.52. The molecule has 17 heavy (non-hydrogen) atoms. The second-order valence-electron chi connectivity index (χ2n) is 5.69. The Kier molecular flexibility index (Phi) is 3.17. The van der Waals surface area contributed by atoms with E-state index in [1.807, 2.05) is 4.31 Å². The van der Waals surface area contributed by atoms with E-state index >= 15 is 0 Å². The molecule has 1 unspecified atom stereocenters. The molecule has 4 nitrogen and oxygen atoms in total. The summed E-state index contributed by atoms with van der Waals surface area (Å²) >= 11 is 0. The minimum absolute atomic E-state index is 0.0518. The lowest BCUT2D eigenvalue weighted by Gasteiger charge is -2.35. The fourth-order valence-electron chi connectivity index (χ4n) is 2.66. The first-order valence-electron chi connectivity index (χ1n) is 6.92. The lowest BCUT2D eigenvalue weighted by atomic mass is 10.1. The van der Waals surface area contributed by atoms with Crippen LogP contribution in [0.5, 0.6) is 0 Å². The fourth-order valence-corrected chi connectivity index (χ4v) is 4.75. The molecule has 0 aromatic carbocycles. The number of piperidine rings is 1. The van der Waals surface area contributed by atoms with E-state index in [9.17, 15) is 8.42 Å². The van der Waals surface area contributed by atoms with Gasteiger partial charge in [-0.3, -0.25) is 0 Å². The first-order valence-corrected chi connectivity index (χ1v) is 8.42. The molecule has 2 saturated carbocycles. The van der Waals surface area contributed by atoms with Gasteiger partial charge < -0.3 is 5.32 Å². The maximum Gasteiger partial charge on any atom is 0.217 e. The molecule has 0 amide bonds. The Morgan fingerprint density at radius 3 is 2.47 bits per heavy atom. The maximum absolute atomic E-state index is 12.3. The molecule has 0 radical (unpaired) electrons. The SMILES string of the molecule is O=S(=O)(C1CC1)N1CCCCC1CNC1CC1. The van der Waals surface area contributed by atoms with E-state index in [-0.39, 0.29) is 11.3 Å². The minimum atomic E-state index is -2.97. The van der Waals surface area contributed by atoms with E-state index in [1.54, 1.807) is 0 Å². The van der Waals surface area contributed by atoms with Gasteiger partial charge in [-0.15, -0.1) is 0 Å². The molecule has 2 aliphatic carbocycles. The fraction of sp³-hybridized carbons (Fsp3) is 1.00. The first-order chi connectivity index (χ1) is 8.18. The highest BCUT2D eigenvalue weighted by atomic mass is 32.2. The zero-order chi connectivity index (χ0) is 11.9. The van der Waals surface area contributed by atoms with Crippen LogP contribution in [0.15, 0.2) is 0 Å². The zero-order valence-corrected chi connectivity index (χ0v) is 11.1. The van der Waals surface area contributed by atoms with E-state index in [2.05, 4.69) is 5.32 Å². The van der Waals surface area contributed by atoms with Crippen molar-refractivity contribution in [2.24, 2.45) is 0 Å². The third-order valence-corrected chi connectivity index (χ3v) is 6.51. The highest BCUT2D eigenvalue weighted by Gasteiger charge is 2.43. The lowest BCUT2D eigenvalue weighted by molar-refractivity contribution is 0.245. The number of rotatable bonds is 5. The monoisotopic (exact) mass is 258 g/mol. The van der Waals surface area contributed by atoms with Crippen molar-refractivity contribution in [3.8, 4) is 0 Å². The van der Waals surface area contributed by atoms with Crippen molar-refractivity contribution >= 4 is 10.0 Å². The highest BCUT2D eigenvalue weighted by molar-refractivity contribution is 7.90. The molecule has 98 valence electrons. The Balaban J connectivity index is 1.65. The molecule has 0 aromatic rings. The van der Waals surface area contributed by atoms with Gasteiger partial charge in [0, 0.05) is 25.2 Å². The Bertz CT molecular complexity index is 374. The van der Waals surface area contributed by atoms with E-state index in [4.69, 9.17) is 0 Å². The number of hydrogen-bond donors (Lipinski definition) is 1. The summed E-state index contributed by atoms with van der Waals surface area (Å²) in [7, 11) is -2.97. The topological polar surface area (TPSA) is 49.4 Å². The maximum atomic E-state index is 12.3. The molecule has 1 atom stereocenters. The molecule has 0 spiro atoms. The van der Waals surface area contributed by atoms with E-state index in [0.29, 0.717) is 6.04 Å². The number of nitrogens with zero attached hydrogens (tertiary/aromatic N) is 1. The van der Waals surface area contributed by atoms with Crippen molar-refractivity contribution in [2.75, 3.05) is 13.1 Å². The quantitative estimate of drug-likeness (QED) is 0.803. The summed E-state index contributed by atoms with van der Waals surface area (Å²) in [5, 5.41) is 3.43. The van der Waals surface area contributed by atoms with Crippen LogP contribution in [-0.2, 0) is 10.0 Å². The van der Waals surface area contributed by atoms with Crippen molar-refractivity contribution in [2.45, 2.75) is 62.3 Å². The summed E-state index contributed by atoms with van der Waals surface area (Å²) in [5.74, 6) is 0. The molecule has 1 N–H and O–H groups in total. The van der Waals surface area contributed by atoms with Gasteiger partial charge in [0.15, 0.2) is 0 Å². The normalized spacial score (nSPS) is 31.6. The molecular formula is C12H22N2O2S. The molecule has 0 bridgehead atoms. The highest BCUT2D eigenvalue weighted by Crippen LogP contribution is 2.34. The smallest absolute Gasteiger partial charge is 0.217 e. The van der Waals surface area contributed by atoms with E-state index in [1.165, 1.54) is 19.3 Å². The van der Waals surface area contributed by atoms with Crippen LogP contribution in [0.25, 0.3) is 0 Å². The van der Waals surface area contributed by atoms with Gasteiger partial charge in [0.25, 0.3) is 0 Å². The van der Waals surface area contributed by atoms with Gasteiger partial charge in [0.2, 0.25) is 10.0 Å². The predicted molar refractivity (Wildman–Crippen MR) is 67.3 cm³/mol.